The molecule has 1 aromatic rings. The molecular formula is C24H36N2O2. The van der Waals surface area contributed by atoms with Crippen LogP contribution in [0.1, 0.15) is 90.2 Å². The van der Waals surface area contributed by atoms with Crippen LogP contribution >= 0.6 is 0 Å². The lowest BCUT2D eigenvalue weighted by atomic mass is 10.0. The fraction of sp³-hybridized carbons (Fsp3) is 0.667. The van der Waals surface area contributed by atoms with Crippen molar-refractivity contribution < 1.29 is 9.47 Å². The smallest absolute Gasteiger partial charge is 0.140 e. The topological polar surface area (TPSA) is 66.0 Å². The summed E-state index contributed by atoms with van der Waals surface area (Å²) in [4.78, 5) is 0. The van der Waals surface area contributed by atoms with Crippen molar-refractivity contribution in [3.05, 3.63) is 23.3 Å². The number of ether oxygens (including phenoxy) is 2. The van der Waals surface area contributed by atoms with Gasteiger partial charge in [0, 0.05) is 6.07 Å². The number of benzene rings is 1. The Kier molecular flexibility index (Phi) is 11.8. The van der Waals surface area contributed by atoms with Crippen molar-refractivity contribution in [3.8, 4) is 23.6 Å². The van der Waals surface area contributed by atoms with Crippen LogP contribution in [-0.2, 0) is 0 Å². The van der Waals surface area contributed by atoms with Gasteiger partial charge in [-0.05, 0) is 30.7 Å². The van der Waals surface area contributed by atoms with Gasteiger partial charge in [0.05, 0.1) is 24.3 Å². The van der Waals surface area contributed by atoms with Gasteiger partial charge >= 0.3 is 0 Å². The van der Waals surface area contributed by atoms with E-state index in [0.717, 1.165) is 25.7 Å². The number of unbranched alkanes of at least 4 members (excludes halogenated alkanes) is 2. The summed E-state index contributed by atoms with van der Waals surface area (Å²) in [6.45, 7) is 9.90. The highest BCUT2D eigenvalue weighted by Crippen LogP contribution is 2.30. The molecule has 1 rings (SSSR count). The second kappa shape index (κ2) is 13.9. The molecule has 154 valence electrons. The quantitative estimate of drug-likeness (QED) is 0.361. The molecule has 0 saturated carbocycles. The lowest BCUT2D eigenvalue weighted by molar-refractivity contribution is 0.222. The van der Waals surface area contributed by atoms with E-state index in [-0.39, 0.29) is 0 Å². The van der Waals surface area contributed by atoms with E-state index in [1.807, 2.05) is 0 Å². The van der Waals surface area contributed by atoms with E-state index < -0.39 is 0 Å². The third-order valence-electron chi connectivity index (χ3n) is 5.36. The lowest BCUT2D eigenvalue weighted by Gasteiger charge is -2.19. The Morgan fingerprint density at radius 1 is 0.750 bits per heavy atom. The maximum atomic E-state index is 9.47. The number of hydrogen-bond acceptors (Lipinski definition) is 4. The van der Waals surface area contributed by atoms with Crippen molar-refractivity contribution in [2.24, 2.45) is 11.8 Å². The van der Waals surface area contributed by atoms with Gasteiger partial charge in [-0.1, -0.05) is 66.2 Å². The van der Waals surface area contributed by atoms with Crippen LogP contribution in [0, 0.1) is 34.5 Å². The Morgan fingerprint density at radius 2 is 1.18 bits per heavy atom. The van der Waals surface area contributed by atoms with Crippen LogP contribution in [0.3, 0.4) is 0 Å². The minimum atomic E-state index is 0.396. The summed E-state index contributed by atoms with van der Waals surface area (Å²) in [6.07, 6.45) is 9.08. The molecule has 0 N–H and O–H groups in total. The molecule has 0 spiro atoms. The Labute approximate surface area is 171 Å². The summed E-state index contributed by atoms with van der Waals surface area (Å²) in [7, 11) is 0. The van der Waals surface area contributed by atoms with E-state index in [0.29, 0.717) is 47.7 Å². The largest absolute Gasteiger partial charge is 0.492 e. The van der Waals surface area contributed by atoms with Crippen LogP contribution in [0.5, 0.6) is 11.5 Å². The van der Waals surface area contributed by atoms with E-state index in [1.54, 1.807) is 12.1 Å². The first kappa shape index (κ1) is 23.8. The van der Waals surface area contributed by atoms with E-state index >= 15 is 0 Å². The van der Waals surface area contributed by atoms with E-state index in [9.17, 15) is 10.5 Å². The third-order valence-corrected chi connectivity index (χ3v) is 5.36. The molecule has 4 nitrogen and oxygen atoms in total. The molecule has 0 saturated heterocycles. The molecule has 0 amide bonds. The summed E-state index contributed by atoms with van der Waals surface area (Å²) in [5, 5.41) is 18.9. The highest BCUT2D eigenvalue weighted by Gasteiger charge is 2.16. The van der Waals surface area contributed by atoms with Crippen LogP contribution in [0.4, 0.5) is 0 Å². The molecule has 4 heteroatoms. The molecule has 0 aliphatic rings. The Hall–Kier alpha value is -2.20. The minimum Gasteiger partial charge on any atom is -0.492 e. The maximum Gasteiger partial charge on any atom is 0.140 e. The van der Waals surface area contributed by atoms with Gasteiger partial charge in [0.15, 0.2) is 0 Å². The van der Waals surface area contributed by atoms with Gasteiger partial charge in [-0.2, -0.15) is 10.5 Å². The standard InChI is InChI=1S/C24H36N2O2/c1-5-9-11-19(7-3)17-27-23-14-24(22(16-26)13-21(23)15-25)28-18-20(8-4)12-10-6-2/h13-14,19-20H,5-12,17-18H2,1-4H3/t19-,20+. The summed E-state index contributed by atoms with van der Waals surface area (Å²) in [5.74, 6) is 2.00. The Morgan fingerprint density at radius 3 is 1.50 bits per heavy atom. The summed E-state index contributed by atoms with van der Waals surface area (Å²) >= 11 is 0. The van der Waals surface area contributed by atoms with Gasteiger partial charge in [0.2, 0.25) is 0 Å². The summed E-state index contributed by atoms with van der Waals surface area (Å²) in [5.41, 5.74) is 0.791. The van der Waals surface area contributed by atoms with E-state index in [4.69, 9.17) is 9.47 Å². The van der Waals surface area contributed by atoms with Crippen molar-refractivity contribution in [1.82, 2.24) is 0 Å². The second-order valence-electron chi connectivity index (χ2n) is 7.52. The first-order valence-electron chi connectivity index (χ1n) is 10.9. The minimum absolute atomic E-state index is 0.396. The van der Waals surface area contributed by atoms with Gasteiger partial charge < -0.3 is 9.47 Å². The molecule has 0 radical (unpaired) electrons. The van der Waals surface area contributed by atoms with Crippen LogP contribution < -0.4 is 9.47 Å². The van der Waals surface area contributed by atoms with Gasteiger partial charge in [-0.25, -0.2) is 0 Å². The first-order valence-corrected chi connectivity index (χ1v) is 10.9. The molecule has 0 unspecified atom stereocenters. The maximum absolute atomic E-state index is 9.47. The molecule has 0 bridgehead atoms. The monoisotopic (exact) mass is 384 g/mol. The molecule has 0 heterocycles. The van der Waals surface area contributed by atoms with Gasteiger partial charge in [0.1, 0.15) is 23.6 Å². The van der Waals surface area contributed by atoms with E-state index in [2.05, 4.69) is 39.8 Å². The van der Waals surface area contributed by atoms with Crippen LogP contribution in [0.25, 0.3) is 0 Å². The number of nitrogens with zero attached hydrogens (tertiary/aromatic N) is 2. The zero-order valence-corrected chi connectivity index (χ0v) is 18.1. The zero-order chi connectivity index (χ0) is 20.8. The van der Waals surface area contributed by atoms with Crippen LogP contribution in [0.15, 0.2) is 12.1 Å². The highest BCUT2D eigenvalue weighted by atomic mass is 16.5. The number of rotatable bonds is 14. The molecule has 0 aromatic heterocycles. The van der Waals surface area contributed by atoms with Crippen molar-refractivity contribution in [1.29, 1.82) is 10.5 Å². The van der Waals surface area contributed by atoms with Gasteiger partial charge in [-0.3, -0.25) is 0 Å². The van der Waals surface area contributed by atoms with E-state index in [1.165, 1.54) is 25.7 Å². The molecular weight excluding hydrogens is 348 g/mol. The fourth-order valence-electron chi connectivity index (χ4n) is 3.19. The molecule has 0 aliphatic carbocycles. The number of nitriles is 2. The van der Waals surface area contributed by atoms with Crippen LogP contribution in [0.2, 0.25) is 0 Å². The third kappa shape index (κ3) is 7.81. The molecule has 0 aliphatic heterocycles. The SMILES string of the molecule is CCCC[C@@H](CC)COc1cc(OC[C@@H](CC)CCCC)c(C#N)cc1C#N. The average Bonchev–Trinajstić information content (AvgIpc) is 2.73. The summed E-state index contributed by atoms with van der Waals surface area (Å²) < 4.78 is 12.0. The predicted octanol–water partition coefficient (Wildman–Crippen LogP) is 6.62. The lowest BCUT2D eigenvalue weighted by Crippen LogP contribution is -2.13. The summed E-state index contributed by atoms with van der Waals surface area (Å²) in [6, 6.07) is 7.63. The molecule has 2 atom stereocenters. The van der Waals surface area contributed by atoms with Crippen molar-refractivity contribution in [2.45, 2.75) is 79.1 Å². The zero-order valence-electron chi connectivity index (χ0n) is 18.1. The van der Waals surface area contributed by atoms with Crippen molar-refractivity contribution in [2.75, 3.05) is 13.2 Å². The number of hydrogen-bond donors (Lipinski definition) is 0. The molecule has 1 aromatic carbocycles. The van der Waals surface area contributed by atoms with Crippen molar-refractivity contribution in [3.63, 3.8) is 0 Å². The Balaban J connectivity index is 2.91. The van der Waals surface area contributed by atoms with Crippen LogP contribution in [-0.4, -0.2) is 13.2 Å². The fourth-order valence-corrected chi connectivity index (χ4v) is 3.19. The Bertz CT molecular complexity index is 605. The molecule has 28 heavy (non-hydrogen) atoms. The first-order chi connectivity index (χ1) is 13.6. The average molecular weight is 385 g/mol. The normalized spacial score (nSPS) is 12.6. The predicted molar refractivity (Wildman–Crippen MR) is 113 cm³/mol. The highest BCUT2D eigenvalue weighted by molar-refractivity contribution is 5.56. The second-order valence-corrected chi connectivity index (χ2v) is 7.52. The van der Waals surface area contributed by atoms with Crippen molar-refractivity contribution >= 4 is 0 Å². The van der Waals surface area contributed by atoms with Gasteiger partial charge in [0.25, 0.3) is 0 Å². The van der Waals surface area contributed by atoms with Gasteiger partial charge in [-0.15, -0.1) is 0 Å². The molecule has 0 fully saturated rings.